The van der Waals surface area contributed by atoms with Crippen LogP contribution in [0.2, 0.25) is 0 Å². The molecule has 0 radical (unpaired) electrons. The number of esters is 1. The Bertz CT molecular complexity index is 1140. The third-order valence-electron chi connectivity index (χ3n) is 4.63. The summed E-state index contributed by atoms with van der Waals surface area (Å²) in [7, 11) is 0. The molecule has 0 saturated carbocycles. The maximum Gasteiger partial charge on any atom is 0.318 e. The molecule has 4 aromatic rings. The molecule has 0 spiro atoms. The van der Waals surface area contributed by atoms with E-state index in [0.717, 1.165) is 11.1 Å². The van der Waals surface area contributed by atoms with Crippen LogP contribution in [0.5, 0.6) is 0 Å². The Morgan fingerprint density at radius 3 is 2.03 bits per heavy atom. The topological polar surface area (TPSA) is 108 Å². The van der Waals surface area contributed by atoms with Gasteiger partial charge in [0.05, 0.1) is 4.92 Å². The van der Waals surface area contributed by atoms with Crippen LogP contribution in [0.3, 0.4) is 0 Å². The van der Waals surface area contributed by atoms with Gasteiger partial charge in [0.15, 0.2) is 6.61 Å². The molecule has 0 aliphatic rings. The molecule has 8 nitrogen and oxygen atoms in total. The Hall–Kier alpha value is -4.33. The molecule has 154 valence electrons. The molecule has 0 bridgehead atoms. The number of rotatable bonds is 7. The zero-order valence-corrected chi connectivity index (χ0v) is 16.3. The van der Waals surface area contributed by atoms with Crippen molar-refractivity contribution in [3.63, 3.8) is 0 Å². The number of nitrogens with zero attached hydrogens (tertiary/aromatic N) is 3. The lowest BCUT2D eigenvalue weighted by atomic mass is 9.91. The number of hydrogen-bond acceptors (Lipinski definition) is 7. The molecule has 0 N–H and O–H groups in total. The van der Waals surface area contributed by atoms with Crippen molar-refractivity contribution in [2.45, 2.75) is 12.5 Å². The SMILES string of the molecule is O=C(OCc1nnc(-c2ccc([N+](=O)[O-])cc2)o1)C(c1ccccc1)c1ccccc1. The highest BCUT2D eigenvalue weighted by atomic mass is 16.6. The highest BCUT2D eigenvalue weighted by Gasteiger charge is 2.25. The van der Waals surface area contributed by atoms with E-state index in [-0.39, 0.29) is 24.1 Å². The van der Waals surface area contributed by atoms with Crippen LogP contribution in [-0.4, -0.2) is 21.1 Å². The van der Waals surface area contributed by atoms with Gasteiger partial charge in [0.1, 0.15) is 5.92 Å². The molecule has 0 fully saturated rings. The van der Waals surface area contributed by atoms with E-state index in [1.165, 1.54) is 24.3 Å². The van der Waals surface area contributed by atoms with E-state index in [4.69, 9.17) is 9.15 Å². The minimum Gasteiger partial charge on any atom is -0.455 e. The van der Waals surface area contributed by atoms with Crippen molar-refractivity contribution >= 4 is 11.7 Å². The van der Waals surface area contributed by atoms with Crippen molar-refractivity contribution in [3.8, 4) is 11.5 Å². The van der Waals surface area contributed by atoms with Gasteiger partial charge in [-0.25, -0.2) is 0 Å². The van der Waals surface area contributed by atoms with Crippen LogP contribution < -0.4 is 0 Å². The Morgan fingerprint density at radius 2 is 1.48 bits per heavy atom. The summed E-state index contributed by atoms with van der Waals surface area (Å²) in [4.78, 5) is 23.2. The van der Waals surface area contributed by atoms with Crippen molar-refractivity contribution in [3.05, 3.63) is 112 Å². The van der Waals surface area contributed by atoms with Gasteiger partial charge in [-0.05, 0) is 23.3 Å². The van der Waals surface area contributed by atoms with Crippen LogP contribution in [-0.2, 0) is 16.1 Å². The lowest BCUT2D eigenvalue weighted by Gasteiger charge is -2.16. The van der Waals surface area contributed by atoms with Crippen molar-refractivity contribution < 1.29 is 18.9 Å². The Balaban J connectivity index is 1.48. The molecule has 0 unspecified atom stereocenters. The van der Waals surface area contributed by atoms with Gasteiger partial charge in [0, 0.05) is 17.7 Å². The van der Waals surface area contributed by atoms with Crippen LogP contribution in [0, 0.1) is 10.1 Å². The fourth-order valence-corrected chi connectivity index (χ4v) is 3.13. The maximum absolute atomic E-state index is 12.9. The van der Waals surface area contributed by atoms with Crippen molar-refractivity contribution in [1.29, 1.82) is 0 Å². The van der Waals surface area contributed by atoms with Gasteiger partial charge in [0.2, 0.25) is 5.89 Å². The summed E-state index contributed by atoms with van der Waals surface area (Å²) in [6.45, 7) is -0.186. The van der Waals surface area contributed by atoms with E-state index in [0.29, 0.717) is 5.56 Å². The highest BCUT2D eigenvalue weighted by Crippen LogP contribution is 2.27. The number of non-ortho nitro benzene ring substituents is 1. The Morgan fingerprint density at radius 1 is 0.903 bits per heavy atom. The Labute approximate surface area is 177 Å². The number of aromatic nitrogens is 2. The van der Waals surface area contributed by atoms with Gasteiger partial charge in [-0.3, -0.25) is 14.9 Å². The molecular formula is C23H17N3O5. The second-order valence-corrected chi connectivity index (χ2v) is 6.67. The predicted octanol–water partition coefficient (Wildman–Crippen LogP) is 4.52. The minimum absolute atomic E-state index is 0.0368. The summed E-state index contributed by atoms with van der Waals surface area (Å²) in [5.41, 5.74) is 2.12. The summed E-state index contributed by atoms with van der Waals surface area (Å²) in [6.07, 6.45) is 0. The summed E-state index contributed by atoms with van der Waals surface area (Å²) < 4.78 is 11.0. The number of ether oxygens (including phenoxy) is 1. The van der Waals surface area contributed by atoms with Crippen LogP contribution >= 0.6 is 0 Å². The first kappa shape index (κ1) is 20.0. The van der Waals surface area contributed by atoms with Gasteiger partial charge >= 0.3 is 5.97 Å². The number of nitro benzene ring substituents is 1. The number of hydrogen-bond donors (Lipinski definition) is 0. The molecule has 0 amide bonds. The first-order valence-electron chi connectivity index (χ1n) is 9.45. The van der Waals surface area contributed by atoms with E-state index in [1.807, 2.05) is 60.7 Å². The standard InChI is InChI=1S/C23H17N3O5/c27-23(21(16-7-3-1-4-8-16)17-9-5-2-6-10-17)30-15-20-24-25-22(31-20)18-11-13-19(14-12-18)26(28)29/h1-14,21H,15H2. The third-order valence-corrected chi connectivity index (χ3v) is 4.63. The third kappa shape index (κ3) is 4.64. The smallest absolute Gasteiger partial charge is 0.318 e. The van der Waals surface area contributed by atoms with Crippen LogP contribution in [0.1, 0.15) is 22.9 Å². The number of carbonyl (C=O) groups is 1. The molecule has 0 atom stereocenters. The molecule has 3 aromatic carbocycles. The minimum atomic E-state index is -0.584. The monoisotopic (exact) mass is 415 g/mol. The molecular weight excluding hydrogens is 398 g/mol. The molecule has 31 heavy (non-hydrogen) atoms. The fraction of sp³-hybridized carbons (Fsp3) is 0.0870. The van der Waals surface area contributed by atoms with Gasteiger partial charge in [0.25, 0.3) is 11.6 Å². The average molecular weight is 415 g/mol. The zero-order valence-electron chi connectivity index (χ0n) is 16.3. The molecule has 1 aromatic heterocycles. The van der Waals surface area contributed by atoms with E-state index >= 15 is 0 Å². The summed E-state index contributed by atoms with van der Waals surface area (Å²) in [5.74, 6) is -0.711. The quantitative estimate of drug-likeness (QED) is 0.248. The lowest BCUT2D eigenvalue weighted by molar-refractivity contribution is -0.384. The van der Waals surface area contributed by atoms with Crippen molar-refractivity contribution in [2.75, 3.05) is 0 Å². The van der Waals surface area contributed by atoms with E-state index in [1.54, 1.807) is 0 Å². The van der Waals surface area contributed by atoms with Gasteiger partial charge in [-0.1, -0.05) is 60.7 Å². The molecule has 1 heterocycles. The molecule has 4 rings (SSSR count). The normalized spacial score (nSPS) is 10.7. The van der Waals surface area contributed by atoms with Crippen molar-refractivity contribution in [2.24, 2.45) is 0 Å². The number of benzene rings is 3. The number of carbonyl (C=O) groups excluding carboxylic acids is 1. The van der Waals surface area contributed by atoms with Gasteiger partial charge < -0.3 is 9.15 Å². The Kier molecular flexibility index (Phi) is 5.79. The van der Waals surface area contributed by atoms with E-state index in [2.05, 4.69) is 10.2 Å². The lowest BCUT2D eigenvalue weighted by Crippen LogP contribution is -2.17. The molecule has 8 heteroatoms. The van der Waals surface area contributed by atoms with Gasteiger partial charge in [-0.2, -0.15) is 0 Å². The summed E-state index contributed by atoms with van der Waals surface area (Å²) >= 11 is 0. The predicted molar refractivity (Wildman–Crippen MR) is 111 cm³/mol. The second kappa shape index (κ2) is 9.00. The second-order valence-electron chi connectivity index (χ2n) is 6.67. The van der Waals surface area contributed by atoms with Crippen LogP contribution in [0.25, 0.3) is 11.5 Å². The van der Waals surface area contributed by atoms with E-state index < -0.39 is 16.8 Å². The van der Waals surface area contributed by atoms with Gasteiger partial charge in [-0.15, -0.1) is 10.2 Å². The molecule has 0 saturated heterocycles. The summed E-state index contributed by atoms with van der Waals surface area (Å²) in [5, 5.41) is 18.6. The van der Waals surface area contributed by atoms with Crippen molar-refractivity contribution in [1.82, 2.24) is 10.2 Å². The van der Waals surface area contributed by atoms with Crippen LogP contribution in [0.4, 0.5) is 5.69 Å². The first-order valence-corrected chi connectivity index (χ1v) is 9.45. The molecule has 0 aliphatic carbocycles. The largest absolute Gasteiger partial charge is 0.455 e. The fourth-order valence-electron chi connectivity index (χ4n) is 3.13. The maximum atomic E-state index is 12.9. The van der Waals surface area contributed by atoms with Crippen LogP contribution in [0.15, 0.2) is 89.3 Å². The number of nitro groups is 1. The highest BCUT2D eigenvalue weighted by molar-refractivity contribution is 5.82. The average Bonchev–Trinajstić information content (AvgIpc) is 3.28. The summed E-state index contributed by atoms with van der Waals surface area (Å²) in [6, 6.07) is 24.5. The first-order chi connectivity index (χ1) is 15.1. The molecule has 0 aliphatic heterocycles. The zero-order chi connectivity index (χ0) is 21.6. The van der Waals surface area contributed by atoms with E-state index in [9.17, 15) is 14.9 Å².